The molecule has 0 bridgehead atoms. The second-order valence-corrected chi connectivity index (χ2v) is 9.12. The van der Waals surface area contributed by atoms with Crippen molar-refractivity contribution in [1.82, 2.24) is 19.7 Å². The van der Waals surface area contributed by atoms with Gasteiger partial charge in [0, 0.05) is 5.75 Å². The van der Waals surface area contributed by atoms with Crippen LogP contribution in [0, 0.1) is 0 Å². The molecule has 0 unspecified atom stereocenters. The molecule has 1 aliphatic heterocycles. The van der Waals surface area contributed by atoms with Crippen molar-refractivity contribution in [1.29, 1.82) is 0 Å². The highest BCUT2D eigenvalue weighted by Gasteiger charge is 2.18. The maximum Gasteiger partial charge on any atom is 0.191 e. The summed E-state index contributed by atoms with van der Waals surface area (Å²) in [5.41, 5.74) is 1.86. The fourth-order valence-corrected chi connectivity index (χ4v) is 4.73. The number of carbonyl (C=O) groups is 1. The van der Waals surface area contributed by atoms with Crippen LogP contribution in [-0.2, 0) is 13.1 Å². The zero-order valence-corrected chi connectivity index (χ0v) is 19.4. The van der Waals surface area contributed by atoms with Crippen molar-refractivity contribution in [3.8, 4) is 5.75 Å². The van der Waals surface area contributed by atoms with E-state index in [-0.39, 0.29) is 5.78 Å². The Hall–Kier alpha value is -2.64. The first-order valence-electron chi connectivity index (χ1n) is 11.2. The molecule has 0 atom stereocenters. The molecule has 2 heterocycles. The van der Waals surface area contributed by atoms with E-state index in [0.29, 0.717) is 17.9 Å². The number of rotatable bonds is 10. The van der Waals surface area contributed by atoms with E-state index in [9.17, 15) is 4.79 Å². The first-order chi connectivity index (χ1) is 15.7. The second-order valence-electron chi connectivity index (χ2n) is 8.06. The molecule has 3 aromatic rings. The second kappa shape index (κ2) is 11.3. The molecular formula is C25H30N4O2S. The van der Waals surface area contributed by atoms with E-state index in [1.165, 1.54) is 24.8 Å². The Balaban J connectivity index is 1.42. The van der Waals surface area contributed by atoms with Gasteiger partial charge in [-0.2, -0.15) is 0 Å². The standard InChI is InChI=1S/C25H30N4O2S/c1-20(30)22-12-6-7-13-23(22)31-16-17-32-25-27-26-24(19-28-14-8-3-9-15-28)29(25)18-21-10-4-2-5-11-21/h2,4-7,10-13H,3,8-9,14-19H2,1H3. The van der Waals surface area contributed by atoms with Crippen LogP contribution in [0.15, 0.2) is 59.8 Å². The molecule has 7 heteroatoms. The minimum atomic E-state index is 0.0122. The van der Waals surface area contributed by atoms with Gasteiger partial charge in [0.2, 0.25) is 0 Å². The van der Waals surface area contributed by atoms with Crippen LogP contribution >= 0.6 is 11.8 Å². The van der Waals surface area contributed by atoms with E-state index >= 15 is 0 Å². The minimum absolute atomic E-state index is 0.0122. The SMILES string of the molecule is CC(=O)c1ccccc1OCCSc1nnc(CN2CCCCC2)n1Cc1ccccc1. The molecule has 1 aliphatic rings. The van der Waals surface area contributed by atoms with Crippen molar-refractivity contribution in [3.05, 3.63) is 71.5 Å². The summed E-state index contributed by atoms with van der Waals surface area (Å²) in [5, 5.41) is 9.96. The number of hydrogen-bond acceptors (Lipinski definition) is 6. The maximum atomic E-state index is 11.8. The van der Waals surface area contributed by atoms with Gasteiger partial charge in [-0.3, -0.25) is 9.69 Å². The van der Waals surface area contributed by atoms with Crippen molar-refractivity contribution in [2.75, 3.05) is 25.4 Å². The van der Waals surface area contributed by atoms with Gasteiger partial charge in [-0.1, -0.05) is 60.6 Å². The third-order valence-electron chi connectivity index (χ3n) is 5.63. The number of ether oxygens (including phenoxy) is 1. The van der Waals surface area contributed by atoms with Crippen LogP contribution in [0.3, 0.4) is 0 Å². The zero-order chi connectivity index (χ0) is 22.2. The maximum absolute atomic E-state index is 11.8. The summed E-state index contributed by atoms with van der Waals surface area (Å²) >= 11 is 1.64. The van der Waals surface area contributed by atoms with Gasteiger partial charge in [-0.25, -0.2) is 0 Å². The Labute approximate surface area is 194 Å². The lowest BCUT2D eigenvalue weighted by Crippen LogP contribution is -2.30. The Morgan fingerprint density at radius 2 is 1.72 bits per heavy atom. The summed E-state index contributed by atoms with van der Waals surface area (Å²) in [6.45, 7) is 5.91. The van der Waals surface area contributed by atoms with Gasteiger partial charge < -0.3 is 9.30 Å². The Morgan fingerprint density at radius 3 is 2.50 bits per heavy atom. The van der Waals surface area contributed by atoms with Crippen LogP contribution in [0.2, 0.25) is 0 Å². The van der Waals surface area contributed by atoms with Gasteiger partial charge in [0.05, 0.1) is 25.3 Å². The van der Waals surface area contributed by atoms with E-state index in [2.05, 4.69) is 43.9 Å². The van der Waals surface area contributed by atoms with Gasteiger partial charge in [0.1, 0.15) is 11.6 Å². The molecule has 6 nitrogen and oxygen atoms in total. The highest BCUT2D eigenvalue weighted by Crippen LogP contribution is 2.22. The third kappa shape index (κ3) is 5.99. The molecule has 0 radical (unpaired) electrons. The number of aromatic nitrogens is 3. The summed E-state index contributed by atoms with van der Waals surface area (Å²) < 4.78 is 8.13. The average Bonchev–Trinajstić information content (AvgIpc) is 3.19. The number of nitrogens with zero attached hydrogens (tertiary/aromatic N) is 4. The predicted molar refractivity (Wildman–Crippen MR) is 127 cm³/mol. The summed E-state index contributed by atoms with van der Waals surface area (Å²) in [4.78, 5) is 14.3. The molecule has 1 saturated heterocycles. The summed E-state index contributed by atoms with van der Waals surface area (Å²) in [5.74, 6) is 2.39. The minimum Gasteiger partial charge on any atom is -0.492 e. The normalized spacial score (nSPS) is 14.4. The molecule has 32 heavy (non-hydrogen) atoms. The number of carbonyl (C=O) groups excluding carboxylic acids is 1. The topological polar surface area (TPSA) is 60.2 Å². The number of thioether (sulfide) groups is 1. The summed E-state index contributed by atoms with van der Waals surface area (Å²) in [6, 6.07) is 17.8. The van der Waals surface area contributed by atoms with Crippen molar-refractivity contribution in [2.45, 2.75) is 44.4 Å². The number of hydrogen-bond donors (Lipinski definition) is 0. The number of likely N-dealkylation sites (tertiary alicyclic amines) is 1. The molecule has 1 fully saturated rings. The molecule has 0 amide bonds. The zero-order valence-electron chi connectivity index (χ0n) is 18.6. The van der Waals surface area contributed by atoms with Crippen LogP contribution in [0.5, 0.6) is 5.75 Å². The molecule has 2 aromatic carbocycles. The third-order valence-corrected chi connectivity index (χ3v) is 6.56. The lowest BCUT2D eigenvalue weighted by atomic mass is 10.1. The number of benzene rings is 2. The molecular weight excluding hydrogens is 420 g/mol. The largest absolute Gasteiger partial charge is 0.492 e. The van der Waals surface area contributed by atoms with Crippen LogP contribution in [0.4, 0.5) is 0 Å². The molecule has 168 valence electrons. The summed E-state index contributed by atoms with van der Waals surface area (Å²) in [7, 11) is 0. The number of piperidine rings is 1. The van der Waals surface area contributed by atoms with Crippen LogP contribution < -0.4 is 4.74 Å². The van der Waals surface area contributed by atoms with Crippen LogP contribution in [-0.4, -0.2) is 50.9 Å². The van der Waals surface area contributed by atoms with Crippen LogP contribution in [0.25, 0.3) is 0 Å². The van der Waals surface area contributed by atoms with Gasteiger partial charge in [-0.05, 0) is 50.6 Å². The van der Waals surface area contributed by atoms with Crippen molar-refractivity contribution in [3.63, 3.8) is 0 Å². The van der Waals surface area contributed by atoms with Crippen molar-refractivity contribution in [2.24, 2.45) is 0 Å². The van der Waals surface area contributed by atoms with Crippen molar-refractivity contribution >= 4 is 17.5 Å². The monoisotopic (exact) mass is 450 g/mol. The fourth-order valence-electron chi connectivity index (χ4n) is 3.95. The van der Waals surface area contributed by atoms with Gasteiger partial charge >= 0.3 is 0 Å². The van der Waals surface area contributed by atoms with E-state index < -0.39 is 0 Å². The Morgan fingerprint density at radius 1 is 0.969 bits per heavy atom. The Bertz CT molecular complexity index is 1020. The molecule has 1 aromatic heterocycles. The quantitative estimate of drug-likeness (QED) is 0.254. The lowest BCUT2D eigenvalue weighted by molar-refractivity contribution is 0.101. The molecule has 0 aliphatic carbocycles. The van der Waals surface area contributed by atoms with Crippen molar-refractivity contribution < 1.29 is 9.53 Å². The first kappa shape index (κ1) is 22.6. The van der Waals surface area contributed by atoms with Crippen LogP contribution in [0.1, 0.15) is 47.9 Å². The number of Topliss-reactive ketones (excluding diaryl/α,β-unsaturated/α-hetero) is 1. The number of ketones is 1. The fraction of sp³-hybridized carbons (Fsp3) is 0.400. The van der Waals surface area contributed by atoms with E-state index in [1.807, 2.05) is 24.3 Å². The molecule has 0 N–H and O–H groups in total. The van der Waals surface area contributed by atoms with E-state index in [1.54, 1.807) is 24.8 Å². The van der Waals surface area contributed by atoms with Gasteiger partial charge in [0.25, 0.3) is 0 Å². The molecule has 0 saturated carbocycles. The lowest BCUT2D eigenvalue weighted by Gasteiger charge is -2.26. The Kier molecular flexibility index (Phi) is 7.96. The van der Waals surface area contributed by atoms with E-state index in [4.69, 9.17) is 4.74 Å². The van der Waals surface area contributed by atoms with Gasteiger partial charge in [-0.15, -0.1) is 10.2 Å². The smallest absolute Gasteiger partial charge is 0.191 e. The van der Waals surface area contributed by atoms with Gasteiger partial charge in [0.15, 0.2) is 10.9 Å². The molecule has 0 spiro atoms. The predicted octanol–water partition coefficient (Wildman–Crippen LogP) is 4.69. The highest BCUT2D eigenvalue weighted by atomic mass is 32.2. The first-order valence-corrected chi connectivity index (χ1v) is 12.2. The van der Waals surface area contributed by atoms with E-state index in [0.717, 1.165) is 42.9 Å². The average molecular weight is 451 g/mol. The number of para-hydroxylation sites is 1. The molecule has 4 rings (SSSR count). The highest BCUT2D eigenvalue weighted by molar-refractivity contribution is 7.99. The summed E-state index contributed by atoms with van der Waals surface area (Å²) in [6.07, 6.45) is 3.84.